The van der Waals surface area contributed by atoms with Gasteiger partial charge in [0.25, 0.3) is 5.91 Å². The molecule has 0 bridgehead atoms. The third-order valence-corrected chi connectivity index (χ3v) is 3.79. The number of hydrogen-bond donors (Lipinski definition) is 1. The summed E-state index contributed by atoms with van der Waals surface area (Å²) in [6, 6.07) is 13.5. The average molecular weight is 376 g/mol. The molecule has 0 aliphatic heterocycles. The van der Waals surface area contributed by atoms with Gasteiger partial charge < -0.3 is 14.8 Å². The van der Waals surface area contributed by atoms with Crippen molar-refractivity contribution in [1.82, 2.24) is 0 Å². The van der Waals surface area contributed by atoms with Crippen LogP contribution in [0.5, 0.6) is 5.75 Å². The molecule has 0 spiro atoms. The predicted molar refractivity (Wildman–Crippen MR) is 102 cm³/mol. The molecular formula is C20H22ClNO4. The molecule has 0 radical (unpaired) electrons. The van der Waals surface area contributed by atoms with Crippen LogP contribution in [-0.2, 0) is 9.53 Å². The maximum absolute atomic E-state index is 12.2. The summed E-state index contributed by atoms with van der Waals surface area (Å²) in [5.74, 6) is 0.0578. The van der Waals surface area contributed by atoms with Crippen LogP contribution >= 0.6 is 11.6 Å². The highest BCUT2D eigenvalue weighted by molar-refractivity contribution is 6.33. The quantitative estimate of drug-likeness (QED) is 0.720. The van der Waals surface area contributed by atoms with Crippen LogP contribution in [0.15, 0.2) is 48.5 Å². The maximum atomic E-state index is 12.2. The molecule has 1 amide bonds. The van der Waals surface area contributed by atoms with E-state index in [-0.39, 0.29) is 0 Å². The van der Waals surface area contributed by atoms with E-state index in [1.165, 1.54) is 6.92 Å². The number of hydrogen-bond acceptors (Lipinski definition) is 4. The number of para-hydroxylation sites is 1. The molecule has 5 nitrogen and oxygen atoms in total. The van der Waals surface area contributed by atoms with Crippen molar-refractivity contribution in [3.05, 3.63) is 59.1 Å². The Morgan fingerprint density at radius 3 is 2.31 bits per heavy atom. The molecule has 0 heterocycles. The van der Waals surface area contributed by atoms with E-state index in [0.717, 1.165) is 0 Å². The number of rotatable bonds is 7. The highest BCUT2D eigenvalue weighted by Gasteiger charge is 2.19. The largest absolute Gasteiger partial charge is 0.493 e. The number of carbonyl (C=O) groups is 2. The van der Waals surface area contributed by atoms with Gasteiger partial charge in [0, 0.05) is 0 Å². The first-order chi connectivity index (χ1) is 12.4. The van der Waals surface area contributed by atoms with Crippen molar-refractivity contribution in [2.75, 3.05) is 11.9 Å². The van der Waals surface area contributed by atoms with E-state index in [1.54, 1.807) is 48.5 Å². The molecular weight excluding hydrogens is 354 g/mol. The maximum Gasteiger partial charge on any atom is 0.338 e. The van der Waals surface area contributed by atoms with Gasteiger partial charge in [0.1, 0.15) is 5.75 Å². The standard InChI is InChI=1S/C20H22ClNO4/c1-13(2)12-25-16-10-8-15(9-11-16)20(24)26-14(3)19(23)22-18-7-5-4-6-17(18)21/h4-11,13-14H,12H2,1-3H3,(H,22,23)/t14-/m0/s1. The lowest BCUT2D eigenvalue weighted by Gasteiger charge is -2.14. The molecule has 138 valence electrons. The Balaban J connectivity index is 1.91. The van der Waals surface area contributed by atoms with E-state index in [2.05, 4.69) is 19.2 Å². The molecule has 26 heavy (non-hydrogen) atoms. The molecule has 2 aromatic carbocycles. The molecule has 0 fully saturated rings. The summed E-state index contributed by atoms with van der Waals surface area (Å²) in [5.41, 5.74) is 0.813. The summed E-state index contributed by atoms with van der Waals surface area (Å²) in [6.45, 7) is 6.22. The number of carbonyl (C=O) groups excluding carboxylic acids is 2. The van der Waals surface area contributed by atoms with Gasteiger partial charge in [-0.25, -0.2) is 4.79 Å². The van der Waals surface area contributed by atoms with Crippen LogP contribution in [0.4, 0.5) is 5.69 Å². The van der Waals surface area contributed by atoms with Gasteiger partial charge in [0.2, 0.25) is 0 Å². The van der Waals surface area contributed by atoms with E-state index in [1.807, 2.05) is 0 Å². The lowest BCUT2D eigenvalue weighted by Crippen LogP contribution is -2.30. The molecule has 0 aliphatic rings. The number of amides is 1. The number of ether oxygens (including phenoxy) is 2. The zero-order valence-corrected chi connectivity index (χ0v) is 15.7. The highest BCUT2D eigenvalue weighted by atomic mass is 35.5. The zero-order chi connectivity index (χ0) is 19.1. The zero-order valence-electron chi connectivity index (χ0n) is 15.0. The first-order valence-corrected chi connectivity index (χ1v) is 8.74. The molecule has 0 aliphatic carbocycles. The Morgan fingerprint density at radius 2 is 1.69 bits per heavy atom. The first-order valence-electron chi connectivity index (χ1n) is 8.36. The highest BCUT2D eigenvalue weighted by Crippen LogP contribution is 2.21. The van der Waals surface area contributed by atoms with Gasteiger partial charge in [0.05, 0.1) is 22.9 Å². The second-order valence-electron chi connectivity index (χ2n) is 6.25. The van der Waals surface area contributed by atoms with Crippen molar-refractivity contribution in [1.29, 1.82) is 0 Å². The number of halogens is 1. The van der Waals surface area contributed by atoms with Crippen molar-refractivity contribution < 1.29 is 19.1 Å². The summed E-state index contributed by atoms with van der Waals surface area (Å²) in [5, 5.41) is 3.05. The van der Waals surface area contributed by atoms with Gasteiger partial charge in [-0.3, -0.25) is 4.79 Å². The van der Waals surface area contributed by atoms with E-state index >= 15 is 0 Å². The Kier molecular flexibility index (Phi) is 7.04. The number of benzene rings is 2. The topological polar surface area (TPSA) is 64.6 Å². The van der Waals surface area contributed by atoms with Crippen molar-refractivity contribution in [3.8, 4) is 5.75 Å². The summed E-state index contributed by atoms with van der Waals surface area (Å²) in [4.78, 5) is 24.4. The minimum atomic E-state index is -0.962. The Morgan fingerprint density at radius 1 is 1.04 bits per heavy atom. The fraction of sp³-hybridized carbons (Fsp3) is 0.300. The van der Waals surface area contributed by atoms with Crippen LogP contribution in [-0.4, -0.2) is 24.6 Å². The molecule has 2 rings (SSSR count). The van der Waals surface area contributed by atoms with Gasteiger partial charge >= 0.3 is 5.97 Å². The average Bonchev–Trinajstić information content (AvgIpc) is 2.62. The molecule has 0 aromatic heterocycles. The number of esters is 1. The molecule has 0 unspecified atom stereocenters. The second kappa shape index (κ2) is 9.25. The summed E-state index contributed by atoms with van der Waals surface area (Å²) in [7, 11) is 0. The molecule has 0 saturated carbocycles. The molecule has 1 atom stereocenters. The van der Waals surface area contributed by atoms with E-state index in [0.29, 0.717) is 34.5 Å². The Labute approximate surface area is 158 Å². The van der Waals surface area contributed by atoms with E-state index in [9.17, 15) is 9.59 Å². The third kappa shape index (κ3) is 5.77. The van der Waals surface area contributed by atoms with Crippen LogP contribution in [0.2, 0.25) is 5.02 Å². The summed E-state index contributed by atoms with van der Waals surface area (Å²) < 4.78 is 10.8. The lowest BCUT2D eigenvalue weighted by molar-refractivity contribution is -0.123. The number of nitrogens with one attached hydrogen (secondary N) is 1. The normalized spacial score (nSPS) is 11.7. The van der Waals surface area contributed by atoms with Crippen molar-refractivity contribution in [3.63, 3.8) is 0 Å². The van der Waals surface area contributed by atoms with Gasteiger partial charge in [-0.2, -0.15) is 0 Å². The molecule has 6 heteroatoms. The summed E-state index contributed by atoms with van der Waals surface area (Å²) in [6.07, 6.45) is -0.962. The van der Waals surface area contributed by atoms with Crippen LogP contribution in [0.25, 0.3) is 0 Å². The van der Waals surface area contributed by atoms with Crippen molar-refractivity contribution >= 4 is 29.2 Å². The van der Waals surface area contributed by atoms with Crippen LogP contribution < -0.4 is 10.1 Å². The fourth-order valence-electron chi connectivity index (χ4n) is 2.03. The SMILES string of the molecule is CC(C)COc1ccc(C(=O)O[C@@H](C)C(=O)Nc2ccccc2Cl)cc1. The predicted octanol–water partition coefficient (Wildman–Crippen LogP) is 4.56. The fourth-order valence-corrected chi connectivity index (χ4v) is 2.21. The Hall–Kier alpha value is -2.53. The third-order valence-electron chi connectivity index (χ3n) is 3.46. The van der Waals surface area contributed by atoms with Crippen molar-refractivity contribution in [2.24, 2.45) is 5.92 Å². The minimum absolute atomic E-state index is 0.347. The van der Waals surface area contributed by atoms with Crippen LogP contribution in [0.3, 0.4) is 0 Å². The van der Waals surface area contributed by atoms with Crippen LogP contribution in [0, 0.1) is 5.92 Å². The second-order valence-corrected chi connectivity index (χ2v) is 6.65. The van der Waals surface area contributed by atoms with Gasteiger partial charge in [-0.15, -0.1) is 0 Å². The van der Waals surface area contributed by atoms with E-state index in [4.69, 9.17) is 21.1 Å². The monoisotopic (exact) mass is 375 g/mol. The smallest absolute Gasteiger partial charge is 0.338 e. The van der Waals surface area contributed by atoms with Gasteiger partial charge in [-0.1, -0.05) is 37.6 Å². The number of anilines is 1. The van der Waals surface area contributed by atoms with E-state index < -0.39 is 18.0 Å². The van der Waals surface area contributed by atoms with Crippen LogP contribution in [0.1, 0.15) is 31.1 Å². The van der Waals surface area contributed by atoms with Gasteiger partial charge in [-0.05, 0) is 49.2 Å². The molecule has 2 aromatic rings. The minimum Gasteiger partial charge on any atom is -0.493 e. The molecule has 0 saturated heterocycles. The van der Waals surface area contributed by atoms with Gasteiger partial charge in [0.15, 0.2) is 6.10 Å². The first kappa shape index (κ1) is 19.8. The Bertz CT molecular complexity index is 759. The van der Waals surface area contributed by atoms with Crippen molar-refractivity contribution in [2.45, 2.75) is 26.9 Å². The molecule has 1 N–H and O–H groups in total. The lowest BCUT2D eigenvalue weighted by atomic mass is 10.2. The summed E-state index contributed by atoms with van der Waals surface area (Å²) >= 11 is 6.00.